The van der Waals surface area contributed by atoms with E-state index in [1.165, 1.54) is 14.2 Å². The molecule has 2 aromatic heterocycles. The quantitative estimate of drug-likeness (QED) is 0.101. The van der Waals surface area contributed by atoms with Crippen molar-refractivity contribution in [2.24, 2.45) is 0 Å². The highest BCUT2D eigenvalue weighted by Gasteiger charge is 2.27. The van der Waals surface area contributed by atoms with Gasteiger partial charge in [-0.05, 0) is 40.5 Å². The first-order valence-corrected chi connectivity index (χ1v) is 15.8. The highest BCUT2D eigenvalue weighted by Crippen LogP contribution is 2.29. The molecule has 0 spiro atoms. The van der Waals surface area contributed by atoms with E-state index in [9.17, 15) is 14.4 Å². The van der Waals surface area contributed by atoms with Crippen LogP contribution in [0.3, 0.4) is 0 Å². The van der Waals surface area contributed by atoms with E-state index in [0.717, 1.165) is 32.9 Å². The Morgan fingerprint density at radius 1 is 0.625 bits per heavy atom. The fourth-order valence-electron chi connectivity index (χ4n) is 6.02. The number of aromatic nitrogens is 2. The summed E-state index contributed by atoms with van der Waals surface area (Å²) < 4.78 is 10.2. The number of methoxy groups -OCH3 is 2. The zero-order valence-electron chi connectivity index (χ0n) is 26.4. The Morgan fingerprint density at radius 3 is 1.60 bits per heavy atom. The number of para-hydroxylation sites is 2. The number of nitrogens with one attached hydrogen (secondary N) is 4. The van der Waals surface area contributed by atoms with Crippen LogP contribution in [0.2, 0.25) is 0 Å². The fourth-order valence-corrected chi connectivity index (χ4v) is 6.34. The van der Waals surface area contributed by atoms with Crippen molar-refractivity contribution in [1.82, 2.24) is 20.6 Å². The summed E-state index contributed by atoms with van der Waals surface area (Å²) in [5.74, 6) is -1.45. The van der Waals surface area contributed by atoms with Crippen LogP contribution in [0.15, 0.2) is 109 Å². The highest BCUT2D eigenvalue weighted by atomic mass is 32.1. The minimum Gasteiger partial charge on any atom is -0.467 e. The summed E-state index contributed by atoms with van der Waals surface area (Å²) in [6, 6.07) is 28.5. The van der Waals surface area contributed by atoms with E-state index >= 15 is 0 Å². The van der Waals surface area contributed by atoms with E-state index in [4.69, 9.17) is 21.7 Å². The van der Waals surface area contributed by atoms with Gasteiger partial charge in [-0.2, -0.15) is 0 Å². The van der Waals surface area contributed by atoms with Crippen molar-refractivity contribution < 1.29 is 23.9 Å². The van der Waals surface area contributed by atoms with Crippen LogP contribution in [-0.4, -0.2) is 59.1 Å². The molecule has 0 fully saturated rings. The van der Waals surface area contributed by atoms with Gasteiger partial charge in [0, 0.05) is 58.2 Å². The van der Waals surface area contributed by atoms with Gasteiger partial charge in [-0.1, -0.05) is 91.1 Å². The average Bonchev–Trinajstić information content (AvgIpc) is 3.74. The average molecular weight is 659 g/mol. The third kappa shape index (κ3) is 6.70. The second-order valence-corrected chi connectivity index (χ2v) is 11.7. The van der Waals surface area contributed by atoms with E-state index in [0.29, 0.717) is 33.7 Å². The SMILES string of the molecule is COC(=O)[C@@H](Cc1c[nH]c2ccccc12)NC(=O)c1ccccc1-c1ccccc1C(=S)N[C@H](Cc1c[nH]c2ccccc12)C(=O)OC. The van der Waals surface area contributed by atoms with Crippen molar-refractivity contribution in [3.63, 3.8) is 0 Å². The van der Waals surface area contributed by atoms with Crippen molar-refractivity contribution in [2.45, 2.75) is 24.9 Å². The molecule has 1 amide bonds. The maximum Gasteiger partial charge on any atom is 0.328 e. The number of carbonyl (C=O) groups excluding carboxylic acids is 3. The first-order chi connectivity index (χ1) is 23.4. The summed E-state index contributed by atoms with van der Waals surface area (Å²) in [7, 11) is 2.65. The summed E-state index contributed by atoms with van der Waals surface area (Å²) >= 11 is 5.88. The van der Waals surface area contributed by atoms with Gasteiger partial charge in [-0.15, -0.1) is 0 Å². The zero-order chi connectivity index (χ0) is 33.6. The van der Waals surface area contributed by atoms with Gasteiger partial charge in [0.1, 0.15) is 17.1 Å². The Labute approximate surface area is 282 Å². The molecule has 0 aliphatic heterocycles. The number of H-pyrrole nitrogens is 2. The van der Waals surface area contributed by atoms with Gasteiger partial charge in [0.05, 0.1) is 14.2 Å². The monoisotopic (exact) mass is 658 g/mol. The Morgan fingerprint density at radius 2 is 1.06 bits per heavy atom. The Hall–Kier alpha value is -5.74. The molecule has 2 heterocycles. The smallest absolute Gasteiger partial charge is 0.328 e. The molecule has 0 saturated heterocycles. The minimum atomic E-state index is -0.932. The van der Waals surface area contributed by atoms with Gasteiger partial charge in [-0.3, -0.25) is 4.79 Å². The van der Waals surface area contributed by atoms with E-state index in [2.05, 4.69) is 20.6 Å². The van der Waals surface area contributed by atoms with Crippen LogP contribution >= 0.6 is 12.2 Å². The molecular weight excluding hydrogens is 625 g/mol. The van der Waals surface area contributed by atoms with Crippen molar-refractivity contribution in [1.29, 1.82) is 0 Å². The maximum absolute atomic E-state index is 13.9. The lowest BCUT2D eigenvalue weighted by Gasteiger charge is -2.21. The van der Waals surface area contributed by atoms with E-state index in [1.54, 1.807) is 12.1 Å². The van der Waals surface area contributed by atoms with Crippen molar-refractivity contribution >= 4 is 56.9 Å². The topological polar surface area (TPSA) is 125 Å². The lowest BCUT2D eigenvalue weighted by molar-refractivity contribution is -0.143. The number of benzene rings is 4. The van der Waals surface area contributed by atoms with E-state index in [1.807, 2.05) is 97.3 Å². The number of carbonyl (C=O) groups is 3. The Kier molecular flexibility index (Phi) is 9.63. The molecule has 4 N–H and O–H groups in total. The van der Waals surface area contributed by atoms with Gasteiger partial charge in [0.2, 0.25) is 0 Å². The lowest BCUT2D eigenvalue weighted by Crippen LogP contribution is -2.43. The second-order valence-electron chi connectivity index (χ2n) is 11.3. The number of hydrogen-bond donors (Lipinski definition) is 4. The van der Waals surface area contributed by atoms with E-state index in [-0.39, 0.29) is 6.42 Å². The molecule has 2 atom stereocenters. The fraction of sp³-hybridized carbons (Fsp3) is 0.158. The summed E-state index contributed by atoms with van der Waals surface area (Å²) in [5.41, 5.74) is 6.00. The highest BCUT2D eigenvalue weighted by molar-refractivity contribution is 7.80. The third-order valence-corrected chi connectivity index (χ3v) is 8.75. The molecule has 0 saturated carbocycles. The molecule has 0 aliphatic carbocycles. The maximum atomic E-state index is 13.9. The number of ether oxygens (including phenoxy) is 2. The molecule has 6 rings (SSSR count). The largest absolute Gasteiger partial charge is 0.467 e. The predicted molar refractivity (Wildman–Crippen MR) is 190 cm³/mol. The molecule has 4 aromatic carbocycles. The van der Waals surface area contributed by atoms with Gasteiger partial charge in [-0.25, -0.2) is 9.59 Å². The number of fused-ring (bicyclic) bond motifs is 2. The summed E-state index contributed by atoms with van der Waals surface area (Å²) in [5, 5.41) is 8.09. The Balaban J connectivity index is 1.27. The summed E-state index contributed by atoms with van der Waals surface area (Å²) in [4.78, 5) is 46.5. The molecule has 0 bridgehead atoms. The normalized spacial score (nSPS) is 12.3. The number of esters is 2. The zero-order valence-corrected chi connectivity index (χ0v) is 27.2. The molecule has 0 unspecified atom stereocenters. The van der Waals surface area contributed by atoms with Crippen LogP contribution in [0.25, 0.3) is 32.9 Å². The second kappa shape index (κ2) is 14.4. The van der Waals surface area contributed by atoms with Crippen LogP contribution < -0.4 is 10.6 Å². The van der Waals surface area contributed by atoms with Gasteiger partial charge in [0.15, 0.2) is 0 Å². The first-order valence-electron chi connectivity index (χ1n) is 15.4. The third-order valence-electron chi connectivity index (χ3n) is 8.41. The van der Waals surface area contributed by atoms with Crippen LogP contribution in [0.5, 0.6) is 0 Å². The molecule has 242 valence electrons. The number of hydrogen-bond acceptors (Lipinski definition) is 6. The van der Waals surface area contributed by atoms with Crippen LogP contribution in [0.4, 0.5) is 0 Å². The molecular formula is C38H34N4O5S. The van der Waals surface area contributed by atoms with Crippen molar-refractivity contribution in [3.8, 4) is 11.1 Å². The first kappa shape index (κ1) is 32.2. The molecule has 0 aliphatic rings. The lowest BCUT2D eigenvalue weighted by atomic mass is 9.94. The molecule has 9 nitrogen and oxygen atoms in total. The predicted octanol–water partition coefficient (Wildman–Crippen LogP) is 5.88. The molecule has 0 radical (unpaired) electrons. The standard InChI is InChI=1S/C38H34N4O5S/c1-46-37(44)33(19-23-21-39-31-17-9-7-11-25(23)31)41-35(43)29-15-5-3-13-27(29)28-14-4-6-16-30(28)36(48)42-34(38(45)47-2)20-24-22-40-32-18-10-8-12-26(24)32/h3-18,21-22,33-34,39-40H,19-20H2,1-2H3,(H,41,43)(H,42,48)/t33-,34-/m1/s1. The summed E-state index contributed by atoms with van der Waals surface area (Å²) in [6.45, 7) is 0. The summed E-state index contributed by atoms with van der Waals surface area (Å²) in [6.07, 6.45) is 4.29. The number of amides is 1. The molecule has 6 aromatic rings. The Bertz CT molecular complexity index is 1980. The van der Waals surface area contributed by atoms with E-state index < -0.39 is 29.9 Å². The number of thiocarbonyl (C=S) groups is 1. The van der Waals surface area contributed by atoms with Gasteiger partial charge < -0.3 is 30.1 Å². The molecule has 10 heteroatoms. The van der Waals surface area contributed by atoms with Crippen molar-refractivity contribution in [2.75, 3.05) is 14.2 Å². The van der Waals surface area contributed by atoms with Crippen LogP contribution in [-0.2, 0) is 31.9 Å². The number of rotatable bonds is 11. The number of aromatic amines is 2. The van der Waals surface area contributed by atoms with Gasteiger partial charge in [0.25, 0.3) is 5.91 Å². The molecule has 48 heavy (non-hydrogen) atoms. The minimum absolute atomic E-state index is 0.237. The van der Waals surface area contributed by atoms with Crippen LogP contribution in [0, 0.1) is 0 Å². The van der Waals surface area contributed by atoms with Gasteiger partial charge >= 0.3 is 11.9 Å². The van der Waals surface area contributed by atoms with Crippen molar-refractivity contribution in [3.05, 3.63) is 132 Å². The van der Waals surface area contributed by atoms with Crippen LogP contribution in [0.1, 0.15) is 27.0 Å².